The zero-order valence-corrected chi connectivity index (χ0v) is 7.08. The van der Waals surface area contributed by atoms with Gasteiger partial charge in [-0.25, -0.2) is 8.78 Å². The molecule has 1 fully saturated rings. The highest BCUT2D eigenvalue weighted by Crippen LogP contribution is 2.45. The van der Waals surface area contributed by atoms with Crippen molar-refractivity contribution in [1.82, 2.24) is 10.6 Å². The quantitative estimate of drug-likeness (QED) is 0.630. The van der Waals surface area contributed by atoms with Gasteiger partial charge in [0, 0.05) is 19.9 Å². The molecule has 0 atom stereocenters. The van der Waals surface area contributed by atoms with Crippen molar-refractivity contribution in [3.05, 3.63) is 0 Å². The minimum Gasteiger partial charge on any atom is -0.358 e. The van der Waals surface area contributed by atoms with Crippen LogP contribution in [0.15, 0.2) is 0 Å². The van der Waals surface area contributed by atoms with Gasteiger partial charge in [-0.1, -0.05) is 0 Å². The second-order valence-electron chi connectivity index (χ2n) is 3.12. The van der Waals surface area contributed by atoms with Crippen LogP contribution < -0.4 is 10.6 Å². The molecule has 1 saturated carbocycles. The molecule has 0 unspecified atom stereocenters. The van der Waals surface area contributed by atoms with Crippen LogP contribution >= 0.6 is 0 Å². The first-order chi connectivity index (χ1) is 5.46. The molecule has 5 heteroatoms. The minimum absolute atomic E-state index is 0.365. The van der Waals surface area contributed by atoms with Gasteiger partial charge in [0.1, 0.15) is 5.54 Å². The summed E-state index contributed by atoms with van der Waals surface area (Å²) in [6.45, 7) is 0. The van der Waals surface area contributed by atoms with E-state index in [1.165, 1.54) is 14.1 Å². The molecule has 0 aromatic heterocycles. The Morgan fingerprint density at radius 1 is 1.33 bits per heavy atom. The van der Waals surface area contributed by atoms with E-state index in [1.807, 2.05) is 0 Å². The number of nitrogens with one attached hydrogen (secondary N) is 2. The molecule has 1 amide bonds. The standard InChI is InChI=1S/C7H12F2N2O/c1-10-5(12)6(11-2)3-7(8,9)4-6/h11H,3-4H2,1-2H3,(H,10,12). The molecule has 1 aliphatic rings. The molecule has 1 aliphatic carbocycles. The third-order valence-electron chi connectivity index (χ3n) is 2.26. The van der Waals surface area contributed by atoms with Crippen molar-refractivity contribution in [3.63, 3.8) is 0 Å². The Hall–Kier alpha value is -0.710. The Morgan fingerprint density at radius 3 is 2.08 bits per heavy atom. The van der Waals surface area contributed by atoms with E-state index in [2.05, 4.69) is 10.6 Å². The third-order valence-corrected chi connectivity index (χ3v) is 2.26. The molecule has 1 rings (SSSR count). The smallest absolute Gasteiger partial charge is 0.252 e. The van der Waals surface area contributed by atoms with E-state index in [4.69, 9.17) is 0 Å². The number of halogens is 2. The van der Waals surface area contributed by atoms with Crippen molar-refractivity contribution in [3.8, 4) is 0 Å². The maximum atomic E-state index is 12.5. The monoisotopic (exact) mass is 178 g/mol. The van der Waals surface area contributed by atoms with Crippen LogP contribution in [0.4, 0.5) is 8.78 Å². The first-order valence-electron chi connectivity index (χ1n) is 3.75. The first kappa shape index (κ1) is 9.38. The van der Waals surface area contributed by atoms with Crippen molar-refractivity contribution in [2.24, 2.45) is 0 Å². The van der Waals surface area contributed by atoms with E-state index in [0.717, 1.165) is 0 Å². The fourth-order valence-electron chi connectivity index (χ4n) is 1.52. The number of carbonyl (C=O) groups is 1. The summed E-state index contributed by atoms with van der Waals surface area (Å²) in [7, 11) is 2.96. The Kier molecular flexibility index (Phi) is 2.07. The molecule has 0 radical (unpaired) electrons. The van der Waals surface area contributed by atoms with Gasteiger partial charge in [0.05, 0.1) is 0 Å². The van der Waals surface area contributed by atoms with Crippen LogP contribution in [0.1, 0.15) is 12.8 Å². The fraction of sp³-hybridized carbons (Fsp3) is 0.857. The average Bonchev–Trinajstić information content (AvgIpc) is 1.97. The van der Waals surface area contributed by atoms with Crippen LogP contribution in [0.5, 0.6) is 0 Å². The SMILES string of the molecule is CNC(=O)C1(NC)CC(F)(F)C1. The Balaban J connectivity index is 2.65. The van der Waals surface area contributed by atoms with Crippen LogP contribution in [-0.2, 0) is 4.79 Å². The second kappa shape index (κ2) is 2.65. The maximum Gasteiger partial charge on any atom is 0.252 e. The second-order valence-corrected chi connectivity index (χ2v) is 3.12. The summed E-state index contributed by atoms with van der Waals surface area (Å²) in [5, 5.41) is 4.99. The lowest BCUT2D eigenvalue weighted by Gasteiger charge is -2.45. The summed E-state index contributed by atoms with van der Waals surface area (Å²) in [5.74, 6) is -3.05. The van der Waals surface area contributed by atoms with Gasteiger partial charge in [-0.05, 0) is 7.05 Å². The lowest BCUT2D eigenvalue weighted by Crippen LogP contribution is -2.67. The lowest BCUT2D eigenvalue weighted by atomic mass is 9.73. The van der Waals surface area contributed by atoms with E-state index in [-0.39, 0.29) is 5.91 Å². The topological polar surface area (TPSA) is 41.1 Å². The summed E-state index contributed by atoms with van der Waals surface area (Å²) in [6, 6.07) is 0. The largest absolute Gasteiger partial charge is 0.358 e. The molecular weight excluding hydrogens is 166 g/mol. The summed E-state index contributed by atoms with van der Waals surface area (Å²) in [5.41, 5.74) is -1.04. The Bertz CT molecular complexity index is 198. The van der Waals surface area contributed by atoms with Crippen LogP contribution in [0.25, 0.3) is 0 Å². The van der Waals surface area contributed by atoms with E-state index >= 15 is 0 Å². The zero-order chi connectivity index (χ0) is 9.41. The van der Waals surface area contributed by atoms with Gasteiger partial charge in [-0.2, -0.15) is 0 Å². The third kappa shape index (κ3) is 1.29. The highest BCUT2D eigenvalue weighted by Gasteiger charge is 2.59. The van der Waals surface area contributed by atoms with Gasteiger partial charge in [-0.3, -0.25) is 4.79 Å². The zero-order valence-electron chi connectivity index (χ0n) is 7.08. The fourth-order valence-corrected chi connectivity index (χ4v) is 1.52. The van der Waals surface area contributed by atoms with Crippen molar-refractivity contribution < 1.29 is 13.6 Å². The number of carbonyl (C=O) groups excluding carboxylic acids is 1. The molecule has 0 saturated heterocycles. The first-order valence-corrected chi connectivity index (χ1v) is 3.75. The van der Waals surface area contributed by atoms with Gasteiger partial charge in [0.25, 0.3) is 5.92 Å². The van der Waals surface area contributed by atoms with Gasteiger partial charge < -0.3 is 10.6 Å². The van der Waals surface area contributed by atoms with Gasteiger partial charge in [0.2, 0.25) is 5.91 Å². The number of alkyl halides is 2. The molecule has 2 N–H and O–H groups in total. The van der Waals surface area contributed by atoms with Crippen molar-refractivity contribution >= 4 is 5.91 Å². The van der Waals surface area contributed by atoms with Gasteiger partial charge in [0.15, 0.2) is 0 Å². The summed E-state index contributed by atoms with van der Waals surface area (Å²) in [4.78, 5) is 11.1. The number of hydrogen-bond donors (Lipinski definition) is 2. The van der Waals surface area contributed by atoms with Gasteiger partial charge in [-0.15, -0.1) is 0 Å². The van der Waals surface area contributed by atoms with Crippen molar-refractivity contribution in [2.75, 3.05) is 14.1 Å². The summed E-state index contributed by atoms with van der Waals surface area (Å²) in [6.07, 6.45) is -0.813. The van der Waals surface area contributed by atoms with Crippen LogP contribution in [0.3, 0.4) is 0 Å². The molecule has 0 spiro atoms. The van der Waals surface area contributed by atoms with Gasteiger partial charge >= 0.3 is 0 Å². The van der Waals surface area contributed by atoms with Crippen LogP contribution in [-0.4, -0.2) is 31.5 Å². The van der Waals surface area contributed by atoms with E-state index in [9.17, 15) is 13.6 Å². The van der Waals surface area contributed by atoms with E-state index < -0.39 is 24.3 Å². The highest BCUT2D eigenvalue weighted by molar-refractivity contribution is 5.87. The average molecular weight is 178 g/mol. The number of rotatable bonds is 2. The molecule has 0 aromatic carbocycles. The molecule has 70 valence electrons. The molecular formula is C7H12F2N2O. The van der Waals surface area contributed by atoms with Crippen molar-refractivity contribution in [2.45, 2.75) is 24.3 Å². The molecule has 0 bridgehead atoms. The Morgan fingerprint density at radius 2 is 1.83 bits per heavy atom. The maximum absolute atomic E-state index is 12.5. The highest BCUT2D eigenvalue weighted by atomic mass is 19.3. The summed E-state index contributed by atoms with van der Waals surface area (Å²) >= 11 is 0. The van der Waals surface area contributed by atoms with Crippen molar-refractivity contribution in [1.29, 1.82) is 0 Å². The molecule has 3 nitrogen and oxygen atoms in total. The molecule has 0 aromatic rings. The number of likely N-dealkylation sites (N-methyl/N-ethyl adjacent to an activating group) is 2. The predicted molar refractivity (Wildman–Crippen MR) is 40.0 cm³/mol. The molecule has 0 aliphatic heterocycles. The predicted octanol–water partition coefficient (Wildman–Crippen LogP) is 0.120. The lowest BCUT2D eigenvalue weighted by molar-refractivity contribution is -0.161. The minimum atomic E-state index is -2.68. The number of hydrogen-bond acceptors (Lipinski definition) is 2. The molecule has 0 heterocycles. The van der Waals surface area contributed by atoms with Crippen LogP contribution in [0.2, 0.25) is 0 Å². The normalized spacial score (nSPS) is 24.3. The van der Waals surface area contributed by atoms with E-state index in [1.54, 1.807) is 0 Å². The number of amides is 1. The van der Waals surface area contributed by atoms with E-state index in [0.29, 0.717) is 0 Å². The summed E-state index contributed by atoms with van der Waals surface area (Å²) < 4.78 is 25.0. The Labute approximate surface area is 69.5 Å². The molecule has 12 heavy (non-hydrogen) atoms. The van der Waals surface area contributed by atoms with Crippen LogP contribution in [0, 0.1) is 0 Å².